The molecule has 0 unspecified atom stereocenters. The van der Waals surface area contributed by atoms with Gasteiger partial charge in [-0.15, -0.1) is 0 Å². The smallest absolute Gasteiger partial charge is 0.293 e. The number of nitrogens with zero attached hydrogens (tertiary/aromatic N) is 2. The number of morpholine rings is 1. The molecule has 0 spiro atoms. The van der Waals surface area contributed by atoms with E-state index in [1.165, 1.54) is 0 Å². The van der Waals surface area contributed by atoms with Gasteiger partial charge in [-0.05, 0) is 44.0 Å². The van der Waals surface area contributed by atoms with Crippen molar-refractivity contribution in [1.29, 1.82) is 0 Å². The van der Waals surface area contributed by atoms with E-state index >= 15 is 0 Å². The van der Waals surface area contributed by atoms with Gasteiger partial charge in [0.15, 0.2) is 5.89 Å². The molecule has 2 aromatic rings. The van der Waals surface area contributed by atoms with Gasteiger partial charge in [-0.25, -0.2) is 4.98 Å². The highest BCUT2D eigenvalue weighted by molar-refractivity contribution is 6.03. The minimum absolute atomic E-state index is 0.266. The van der Waals surface area contributed by atoms with Crippen molar-refractivity contribution in [2.75, 3.05) is 30.0 Å². The predicted octanol–water partition coefficient (Wildman–Crippen LogP) is 3.66. The van der Waals surface area contributed by atoms with Crippen LogP contribution in [0.25, 0.3) is 0 Å². The summed E-state index contributed by atoms with van der Waals surface area (Å²) in [7, 11) is 0. The number of carbonyl (C=O) groups excluding carboxylic acids is 1. The zero-order chi connectivity index (χ0) is 18.7. The number of amides is 1. The molecule has 0 saturated carbocycles. The Morgan fingerprint density at radius 3 is 2.73 bits per heavy atom. The summed E-state index contributed by atoms with van der Waals surface area (Å²) in [5.41, 5.74) is 2.49. The van der Waals surface area contributed by atoms with Crippen LogP contribution in [0.15, 0.2) is 28.7 Å². The number of hydrogen-bond acceptors (Lipinski definition) is 5. The van der Waals surface area contributed by atoms with Gasteiger partial charge in [-0.1, -0.05) is 13.8 Å². The Balaban J connectivity index is 1.67. The number of carbonyl (C=O) groups is 1. The minimum Gasteiger partial charge on any atom is -0.435 e. The molecule has 0 bridgehead atoms. The number of ether oxygens (including phenoxy) is 1. The van der Waals surface area contributed by atoms with E-state index in [9.17, 15) is 4.79 Å². The number of aryl methyl sites for hydroxylation is 1. The molecular formula is C20H27N3O3. The fourth-order valence-electron chi connectivity index (χ4n) is 3.13. The van der Waals surface area contributed by atoms with Gasteiger partial charge in [-0.2, -0.15) is 0 Å². The highest BCUT2D eigenvalue weighted by Crippen LogP contribution is 2.23. The van der Waals surface area contributed by atoms with Gasteiger partial charge in [0.25, 0.3) is 5.91 Å². The van der Waals surface area contributed by atoms with Gasteiger partial charge in [0, 0.05) is 30.4 Å². The summed E-state index contributed by atoms with van der Waals surface area (Å²) in [6.07, 6.45) is 0.723. The molecule has 1 atom stereocenters. The van der Waals surface area contributed by atoms with Crippen LogP contribution in [-0.2, 0) is 11.2 Å². The normalized spacial score (nSPS) is 17.6. The zero-order valence-electron chi connectivity index (χ0n) is 15.9. The van der Waals surface area contributed by atoms with E-state index in [-0.39, 0.29) is 11.7 Å². The van der Waals surface area contributed by atoms with E-state index < -0.39 is 0 Å². The maximum Gasteiger partial charge on any atom is 0.293 e. The average Bonchev–Trinajstić information content (AvgIpc) is 2.96. The summed E-state index contributed by atoms with van der Waals surface area (Å²) in [6.45, 7) is 10.5. The fourth-order valence-corrected chi connectivity index (χ4v) is 3.13. The lowest BCUT2D eigenvalue weighted by Crippen LogP contribution is -2.43. The Hall–Kier alpha value is -2.34. The van der Waals surface area contributed by atoms with Crippen LogP contribution in [-0.4, -0.2) is 36.7 Å². The molecular weight excluding hydrogens is 330 g/mol. The van der Waals surface area contributed by atoms with Crippen LogP contribution in [0, 0.1) is 12.8 Å². The van der Waals surface area contributed by atoms with Crippen LogP contribution in [0.4, 0.5) is 11.4 Å². The lowest BCUT2D eigenvalue weighted by molar-refractivity contribution is 0.0989. The average molecular weight is 357 g/mol. The third-order valence-corrected chi connectivity index (χ3v) is 4.45. The summed E-state index contributed by atoms with van der Waals surface area (Å²) in [5, 5.41) is 2.89. The molecule has 1 N–H and O–H groups in total. The molecule has 6 nitrogen and oxygen atoms in total. The predicted molar refractivity (Wildman–Crippen MR) is 102 cm³/mol. The van der Waals surface area contributed by atoms with E-state index in [1.54, 1.807) is 6.92 Å². The van der Waals surface area contributed by atoms with Crippen LogP contribution in [0.2, 0.25) is 0 Å². The molecule has 3 rings (SSSR count). The van der Waals surface area contributed by atoms with Crippen molar-refractivity contribution in [3.8, 4) is 0 Å². The Bertz CT molecular complexity index is 752. The third kappa shape index (κ3) is 4.25. The Morgan fingerprint density at radius 2 is 2.08 bits per heavy atom. The first kappa shape index (κ1) is 18.5. The Morgan fingerprint density at radius 1 is 1.35 bits per heavy atom. The number of anilines is 2. The molecule has 0 radical (unpaired) electrons. The summed E-state index contributed by atoms with van der Waals surface area (Å²) < 4.78 is 11.1. The first-order chi connectivity index (χ1) is 12.4. The van der Waals surface area contributed by atoms with Crippen molar-refractivity contribution in [3.05, 3.63) is 41.6 Å². The molecule has 1 saturated heterocycles. The molecule has 1 fully saturated rings. The molecule has 140 valence electrons. The van der Waals surface area contributed by atoms with Crippen molar-refractivity contribution in [3.63, 3.8) is 0 Å². The number of aromatic nitrogens is 1. The third-order valence-electron chi connectivity index (χ3n) is 4.45. The summed E-state index contributed by atoms with van der Waals surface area (Å²) >= 11 is 0. The van der Waals surface area contributed by atoms with Crippen LogP contribution >= 0.6 is 0 Å². The molecule has 0 aliphatic carbocycles. The van der Waals surface area contributed by atoms with Gasteiger partial charge in [0.1, 0.15) is 0 Å². The SMILES string of the molecule is Cc1nc(CC(C)C)oc1C(=O)Nc1ccc(N2CCOC[C@H]2C)cc1. The zero-order valence-corrected chi connectivity index (χ0v) is 15.9. The molecule has 1 aromatic carbocycles. The van der Waals surface area contributed by atoms with E-state index in [2.05, 4.69) is 36.0 Å². The summed E-state index contributed by atoms with van der Waals surface area (Å²) in [6, 6.07) is 8.22. The Labute approximate surface area is 154 Å². The molecule has 1 aliphatic rings. The molecule has 1 amide bonds. The highest BCUT2D eigenvalue weighted by atomic mass is 16.5. The molecule has 26 heavy (non-hydrogen) atoms. The van der Waals surface area contributed by atoms with Gasteiger partial charge >= 0.3 is 0 Å². The second-order valence-electron chi connectivity index (χ2n) is 7.24. The van der Waals surface area contributed by atoms with Gasteiger partial charge in [0.05, 0.1) is 18.9 Å². The van der Waals surface area contributed by atoms with Crippen LogP contribution in [0.5, 0.6) is 0 Å². The molecule has 1 aromatic heterocycles. The van der Waals surface area contributed by atoms with E-state index in [4.69, 9.17) is 9.15 Å². The molecule has 2 heterocycles. The first-order valence-corrected chi connectivity index (χ1v) is 9.16. The number of benzene rings is 1. The monoisotopic (exact) mass is 357 g/mol. The van der Waals surface area contributed by atoms with Gasteiger partial charge in [0.2, 0.25) is 5.76 Å². The van der Waals surface area contributed by atoms with Gasteiger partial charge in [-0.3, -0.25) is 4.79 Å². The number of rotatable bonds is 5. The summed E-state index contributed by atoms with van der Waals surface area (Å²) in [5.74, 6) is 1.06. The summed E-state index contributed by atoms with van der Waals surface area (Å²) in [4.78, 5) is 19.2. The minimum atomic E-state index is -0.266. The van der Waals surface area contributed by atoms with Crippen molar-refractivity contribution in [2.45, 2.75) is 40.2 Å². The maximum atomic E-state index is 12.5. The van der Waals surface area contributed by atoms with E-state index in [1.807, 2.05) is 24.3 Å². The largest absolute Gasteiger partial charge is 0.435 e. The Kier molecular flexibility index (Phi) is 5.61. The van der Waals surface area contributed by atoms with Crippen molar-refractivity contribution in [2.24, 2.45) is 5.92 Å². The topological polar surface area (TPSA) is 67.6 Å². The second kappa shape index (κ2) is 7.91. The molecule has 1 aliphatic heterocycles. The number of hydrogen-bond donors (Lipinski definition) is 1. The standard InChI is InChI=1S/C20H27N3O3/c1-13(2)11-18-21-15(4)19(26-18)20(24)22-16-5-7-17(8-6-16)23-9-10-25-12-14(23)3/h5-8,13-14H,9-12H2,1-4H3,(H,22,24)/t14-/m1/s1. The first-order valence-electron chi connectivity index (χ1n) is 9.16. The number of oxazole rings is 1. The lowest BCUT2D eigenvalue weighted by Gasteiger charge is -2.35. The van der Waals surface area contributed by atoms with E-state index in [0.717, 1.165) is 37.6 Å². The van der Waals surface area contributed by atoms with Crippen LogP contribution < -0.4 is 10.2 Å². The van der Waals surface area contributed by atoms with Crippen molar-refractivity contribution in [1.82, 2.24) is 4.98 Å². The molecule has 6 heteroatoms. The quantitative estimate of drug-likeness (QED) is 0.884. The maximum absolute atomic E-state index is 12.5. The number of nitrogens with one attached hydrogen (secondary N) is 1. The lowest BCUT2D eigenvalue weighted by atomic mass is 10.1. The van der Waals surface area contributed by atoms with Gasteiger partial charge < -0.3 is 19.4 Å². The highest BCUT2D eigenvalue weighted by Gasteiger charge is 2.20. The van der Waals surface area contributed by atoms with Crippen molar-refractivity contribution >= 4 is 17.3 Å². The van der Waals surface area contributed by atoms with Crippen LogP contribution in [0.3, 0.4) is 0 Å². The van der Waals surface area contributed by atoms with Crippen molar-refractivity contribution < 1.29 is 13.9 Å². The fraction of sp³-hybridized carbons (Fsp3) is 0.500. The van der Waals surface area contributed by atoms with Crippen LogP contribution in [0.1, 0.15) is 42.9 Å². The van der Waals surface area contributed by atoms with E-state index in [0.29, 0.717) is 23.5 Å². The second-order valence-corrected chi connectivity index (χ2v) is 7.24.